The van der Waals surface area contributed by atoms with Gasteiger partial charge < -0.3 is 5.32 Å². The molecular weight excluding hydrogens is 304 g/mol. The Morgan fingerprint density at radius 1 is 1.26 bits per heavy atom. The predicted molar refractivity (Wildman–Crippen MR) is 80.0 cm³/mol. The molecule has 1 aliphatic carbocycles. The Labute approximate surface area is 125 Å². The van der Waals surface area contributed by atoms with Crippen molar-refractivity contribution in [1.82, 2.24) is 0 Å². The average molecular weight is 316 g/mol. The highest BCUT2D eigenvalue weighted by Crippen LogP contribution is 2.40. The van der Waals surface area contributed by atoms with E-state index in [1.165, 1.54) is 22.6 Å². The first-order valence-electron chi connectivity index (χ1n) is 6.13. The Hall–Kier alpha value is -0.770. The molecule has 1 aromatic heterocycles. The van der Waals surface area contributed by atoms with Crippen LogP contribution in [0.5, 0.6) is 0 Å². The monoisotopic (exact) mass is 315 g/mol. The minimum Gasteiger partial charge on any atom is -0.377 e. The lowest BCUT2D eigenvalue weighted by Gasteiger charge is -2.25. The molecule has 3 rings (SSSR count). The van der Waals surface area contributed by atoms with E-state index >= 15 is 0 Å². The van der Waals surface area contributed by atoms with E-state index < -0.39 is 0 Å². The molecule has 1 unspecified atom stereocenters. The third-order valence-corrected chi connectivity index (χ3v) is 5.00. The molecule has 0 bridgehead atoms. The van der Waals surface area contributed by atoms with Crippen molar-refractivity contribution in [1.29, 1.82) is 0 Å². The summed E-state index contributed by atoms with van der Waals surface area (Å²) >= 11 is 13.8. The van der Waals surface area contributed by atoms with Crippen molar-refractivity contribution < 1.29 is 4.39 Å². The van der Waals surface area contributed by atoms with E-state index in [9.17, 15) is 4.39 Å². The van der Waals surface area contributed by atoms with Crippen molar-refractivity contribution in [2.75, 3.05) is 5.32 Å². The van der Waals surface area contributed by atoms with E-state index in [1.807, 2.05) is 6.07 Å². The molecule has 1 aliphatic rings. The third kappa shape index (κ3) is 2.73. The molecule has 1 N–H and O–H groups in total. The van der Waals surface area contributed by atoms with Crippen molar-refractivity contribution >= 4 is 40.2 Å². The maximum atomic E-state index is 13.0. The number of benzene rings is 1. The average Bonchev–Trinajstić information content (AvgIpc) is 2.74. The number of thiophene rings is 1. The lowest BCUT2D eigenvalue weighted by molar-refractivity contribution is 0.607. The Bertz CT molecular complexity index is 611. The second kappa shape index (κ2) is 5.31. The normalized spacial score (nSPS) is 18.2. The van der Waals surface area contributed by atoms with Crippen molar-refractivity contribution in [2.45, 2.75) is 25.3 Å². The van der Waals surface area contributed by atoms with Gasteiger partial charge in [-0.3, -0.25) is 0 Å². The maximum absolute atomic E-state index is 13.0. The van der Waals surface area contributed by atoms with Crippen LogP contribution in [-0.4, -0.2) is 0 Å². The fourth-order valence-corrected chi connectivity index (χ4v) is 4.07. The van der Waals surface area contributed by atoms with E-state index in [0.29, 0.717) is 5.02 Å². The highest BCUT2D eigenvalue weighted by molar-refractivity contribution is 7.16. The lowest BCUT2D eigenvalue weighted by Crippen LogP contribution is -2.15. The SMILES string of the molecule is Fc1ccc(NC2CCCc3sc(Cl)cc32)c(Cl)c1. The van der Waals surface area contributed by atoms with Gasteiger partial charge in [0.1, 0.15) is 5.82 Å². The summed E-state index contributed by atoms with van der Waals surface area (Å²) in [5.41, 5.74) is 2.02. The Morgan fingerprint density at radius 2 is 2.11 bits per heavy atom. The second-order valence-electron chi connectivity index (χ2n) is 4.64. The van der Waals surface area contributed by atoms with Gasteiger partial charge in [0.25, 0.3) is 0 Å². The summed E-state index contributed by atoms with van der Waals surface area (Å²) in [6, 6.07) is 6.65. The molecule has 0 spiro atoms. The van der Waals surface area contributed by atoms with E-state index in [0.717, 1.165) is 29.3 Å². The van der Waals surface area contributed by atoms with Crippen molar-refractivity contribution in [2.24, 2.45) is 0 Å². The molecule has 1 nitrogen and oxygen atoms in total. The molecule has 0 amide bonds. The number of halogens is 3. The van der Waals surface area contributed by atoms with Gasteiger partial charge in [-0.2, -0.15) is 0 Å². The Morgan fingerprint density at radius 3 is 2.89 bits per heavy atom. The maximum Gasteiger partial charge on any atom is 0.124 e. The molecule has 1 aromatic carbocycles. The van der Waals surface area contributed by atoms with Gasteiger partial charge in [0.05, 0.1) is 21.1 Å². The van der Waals surface area contributed by atoms with Crippen LogP contribution in [0.3, 0.4) is 0 Å². The van der Waals surface area contributed by atoms with Crippen LogP contribution < -0.4 is 5.32 Å². The minimum atomic E-state index is -0.321. The first-order valence-corrected chi connectivity index (χ1v) is 7.70. The molecule has 0 fully saturated rings. The Balaban J connectivity index is 1.88. The van der Waals surface area contributed by atoms with Crippen LogP contribution in [0.2, 0.25) is 9.36 Å². The minimum absolute atomic E-state index is 0.204. The smallest absolute Gasteiger partial charge is 0.124 e. The van der Waals surface area contributed by atoms with Crippen LogP contribution in [0.15, 0.2) is 24.3 Å². The zero-order chi connectivity index (χ0) is 13.4. The number of fused-ring (bicyclic) bond motifs is 1. The number of hydrogen-bond donors (Lipinski definition) is 1. The molecule has 1 atom stereocenters. The summed E-state index contributed by atoms with van der Waals surface area (Å²) in [5.74, 6) is -0.321. The molecular formula is C14H12Cl2FNS. The molecule has 0 saturated carbocycles. The van der Waals surface area contributed by atoms with Gasteiger partial charge >= 0.3 is 0 Å². The van der Waals surface area contributed by atoms with Crippen LogP contribution in [-0.2, 0) is 6.42 Å². The van der Waals surface area contributed by atoms with Gasteiger partial charge in [-0.15, -0.1) is 11.3 Å². The molecule has 2 aromatic rings. The molecule has 100 valence electrons. The van der Waals surface area contributed by atoms with Gasteiger partial charge in [0.15, 0.2) is 0 Å². The second-order valence-corrected chi connectivity index (χ2v) is 6.82. The highest BCUT2D eigenvalue weighted by atomic mass is 35.5. The number of rotatable bonds is 2. The third-order valence-electron chi connectivity index (χ3n) is 3.34. The standard InChI is InChI=1S/C14H12Cl2FNS/c15-10-6-8(17)4-5-12(10)18-11-2-1-3-13-9(11)7-14(16)19-13/h4-7,11,18H,1-3H2. The van der Waals surface area contributed by atoms with Gasteiger partial charge in [-0.1, -0.05) is 23.2 Å². The summed E-state index contributed by atoms with van der Waals surface area (Å²) in [7, 11) is 0. The van der Waals surface area contributed by atoms with Gasteiger partial charge in [-0.05, 0) is 49.1 Å². The van der Waals surface area contributed by atoms with Crippen LogP contribution in [0, 0.1) is 5.82 Å². The van der Waals surface area contributed by atoms with Crippen LogP contribution in [0.1, 0.15) is 29.3 Å². The lowest BCUT2D eigenvalue weighted by atomic mass is 9.94. The molecule has 5 heteroatoms. The summed E-state index contributed by atoms with van der Waals surface area (Å²) in [6.45, 7) is 0. The van der Waals surface area contributed by atoms with E-state index in [4.69, 9.17) is 23.2 Å². The molecule has 0 aliphatic heterocycles. The number of hydrogen-bond acceptors (Lipinski definition) is 2. The van der Waals surface area contributed by atoms with Crippen molar-refractivity contribution in [3.63, 3.8) is 0 Å². The first-order chi connectivity index (χ1) is 9.13. The first kappa shape index (κ1) is 13.2. The quantitative estimate of drug-likeness (QED) is 0.751. The molecule has 0 saturated heterocycles. The fraction of sp³-hybridized carbons (Fsp3) is 0.286. The van der Waals surface area contributed by atoms with E-state index in [-0.39, 0.29) is 11.9 Å². The van der Waals surface area contributed by atoms with Crippen LogP contribution in [0.4, 0.5) is 10.1 Å². The van der Waals surface area contributed by atoms with Crippen molar-refractivity contribution in [3.05, 3.63) is 49.9 Å². The Kier molecular flexibility index (Phi) is 3.70. The summed E-state index contributed by atoms with van der Waals surface area (Å²) in [6.07, 6.45) is 3.25. The van der Waals surface area contributed by atoms with Gasteiger partial charge in [-0.25, -0.2) is 4.39 Å². The number of aryl methyl sites for hydroxylation is 1. The van der Waals surface area contributed by atoms with Gasteiger partial charge in [0.2, 0.25) is 0 Å². The summed E-state index contributed by atoms with van der Waals surface area (Å²) in [5, 5.41) is 3.81. The van der Waals surface area contributed by atoms with Crippen molar-refractivity contribution in [3.8, 4) is 0 Å². The summed E-state index contributed by atoms with van der Waals surface area (Å²) < 4.78 is 13.9. The van der Waals surface area contributed by atoms with Gasteiger partial charge in [0, 0.05) is 4.88 Å². The van der Waals surface area contributed by atoms with Crippen LogP contribution >= 0.6 is 34.5 Å². The summed E-state index contributed by atoms with van der Waals surface area (Å²) in [4.78, 5) is 1.34. The number of anilines is 1. The fourth-order valence-electron chi connectivity index (χ4n) is 2.47. The highest BCUT2D eigenvalue weighted by Gasteiger charge is 2.23. The predicted octanol–water partition coefficient (Wildman–Crippen LogP) is 5.68. The van der Waals surface area contributed by atoms with E-state index in [2.05, 4.69) is 5.32 Å². The zero-order valence-corrected chi connectivity index (χ0v) is 12.4. The number of nitrogens with one attached hydrogen (secondary N) is 1. The van der Waals surface area contributed by atoms with E-state index in [1.54, 1.807) is 17.4 Å². The van der Waals surface area contributed by atoms with Crippen LogP contribution in [0.25, 0.3) is 0 Å². The zero-order valence-electron chi connectivity index (χ0n) is 10.1. The topological polar surface area (TPSA) is 12.0 Å². The molecule has 0 radical (unpaired) electrons. The molecule has 19 heavy (non-hydrogen) atoms. The largest absolute Gasteiger partial charge is 0.377 e. The molecule has 1 heterocycles.